The lowest BCUT2D eigenvalue weighted by Crippen LogP contribution is -2.45. The highest BCUT2D eigenvalue weighted by Crippen LogP contribution is 2.31. The van der Waals surface area contributed by atoms with Gasteiger partial charge in [-0.05, 0) is 23.8 Å². The summed E-state index contributed by atoms with van der Waals surface area (Å²) in [4.78, 5) is 5.44. The third-order valence-corrected chi connectivity index (χ3v) is 4.02. The summed E-state index contributed by atoms with van der Waals surface area (Å²) in [6, 6.07) is 5.69. The average Bonchev–Trinajstić information content (AvgIpc) is 2.92. The van der Waals surface area contributed by atoms with Crippen molar-refractivity contribution in [2.75, 3.05) is 40.0 Å². The maximum absolute atomic E-state index is 13.6. The maximum Gasteiger partial charge on any atom is 0.119 e. The molecular formula is C15H20FN3O. The molecule has 0 aliphatic carbocycles. The van der Waals surface area contributed by atoms with Gasteiger partial charge in [-0.2, -0.15) is 0 Å². The second-order valence-corrected chi connectivity index (χ2v) is 5.11. The Morgan fingerprint density at radius 1 is 1.35 bits per heavy atom. The number of halogens is 1. The molecule has 1 saturated heterocycles. The number of alkyl halides is 1. The minimum atomic E-state index is -0.371. The smallest absolute Gasteiger partial charge is 0.119 e. The van der Waals surface area contributed by atoms with Gasteiger partial charge < -0.3 is 15.0 Å². The highest BCUT2D eigenvalue weighted by atomic mass is 19.1. The Kier molecular flexibility index (Phi) is 3.89. The quantitative estimate of drug-likeness (QED) is 0.899. The van der Waals surface area contributed by atoms with E-state index in [-0.39, 0.29) is 12.7 Å². The highest BCUT2D eigenvalue weighted by molar-refractivity contribution is 5.85. The zero-order valence-corrected chi connectivity index (χ0v) is 11.7. The van der Waals surface area contributed by atoms with Gasteiger partial charge in [0.25, 0.3) is 0 Å². The SMILES string of the molecule is COc1ccc2[nH]cc([C@@H](CF)N3CCNCC3)c2c1. The van der Waals surface area contributed by atoms with Crippen LogP contribution in [0.2, 0.25) is 0 Å². The van der Waals surface area contributed by atoms with Crippen LogP contribution < -0.4 is 10.1 Å². The number of aromatic nitrogens is 1. The molecular weight excluding hydrogens is 257 g/mol. The van der Waals surface area contributed by atoms with Gasteiger partial charge in [0.2, 0.25) is 0 Å². The Hall–Kier alpha value is -1.59. The normalized spacial score (nSPS) is 18.3. The molecule has 0 unspecified atom stereocenters. The average molecular weight is 277 g/mol. The first-order chi connectivity index (χ1) is 9.83. The van der Waals surface area contributed by atoms with Crippen molar-refractivity contribution in [2.24, 2.45) is 0 Å². The second-order valence-electron chi connectivity index (χ2n) is 5.11. The first-order valence-electron chi connectivity index (χ1n) is 6.99. The van der Waals surface area contributed by atoms with Crippen molar-refractivity contribution in [1.82, 2.24) is 15.2 Å². The van der Waals surface area contributed by atoms with Gasteiger partial charge in [0, 0.05) is 43.3 Å². The van der Waals surface area contributed by atoms with Crippen LogP contribution in [0.15, 0.2) is 24.4 Å². The summed E-state index contributed by atoms with van der Waals surface area (Å²) in [6.07, 6.45) is 1.93. The Balaban J connectivity index is 1.97. The summed E-state index contributed by atoms with van der Waals surface area (Å²) in [7, 11) is 1.65. The standard InChI is InChI=1S/C15H20FN3O/c1-20-11-2-3-14-12(8-11)13(10-18-14)15(9-16)19-6-4-17-5-7-19/h2-3,8,10,15,17-18H,4-7,9H2,1H3/t15-/m1/s1. The van der Waals surface area contributed by atoms with Crippen molar-refractivity contribution in [3.8, 4) is 5.75 Å². The fourth-order valence-corrected chi connectivity index (χ4v) is 2.90. The third-order valence-electron chi connectivity index (χ3n) is 4.02. The van der Waals surface area contributed by atoms with Gasteiger partial charge in [0.05, 0.1) is 13.2 Å². The molecule has 1 atom stereocenters. The number of hydrogen-bond donors (Lipinski definition) is 2. The minimum Gasteiger partial charge on any atom is -0.497 e. The number of aromatic amines is 1. The molecule has 2 heterocycles. The van der Waals surface area contributed by atoms with Gasteiger partial charge in [0.15, 0.2) is 0 Å². The molecule has 0 bridgehead atoms. The van der Waals surface area contributed by atoms with E-state index in [1.165, 1.54) is 0 Å². The van der Waals surface area contributed by atoms with Crippen molar-refractivity contribution < 1.29 is 9.13 Å². The molecule has 0 amide bonds. The molecule has 1 aromatic heterocycles. The van der Waals surface area contributed by atoms with Crippen LogP contribution in [0.3, 0.4) is 0 Å². The Morgan fingerprint density at radius 2 is 2.15 bits per heavy atom. The molecule has 2 N–H and O–H groups in total. The molecule has 5 heteroatoms. The van der Waals surface area contributed by atoms with Crippen LogP contribution in [0.5, 0.6) is 5.75 Å². The van der Waals surface area contributed by atoms with Crippen LogP contribution in [0.1, 0.15) is 11.6 Å². The van der Waals surface area contributed by atoms with Gasteiger partial charge in [-0.3, -0.25) is 4.90 Å². The van der Waals surface area contributed by atoms with Crippen molar-refractivity contribution in [3.05, 3.63) is 30.0 Å². The Morgan fingerprint density at radius 3 is 2.85 bits per heavy atom. The van der Waals surface area contributed by atoms with Crippen LogP contribution in [0.25, 0.3) is 10.9 Å². The van der Waals surface area contributed by atoms with Gasteiger partial charge in [-0.25, -0.2) is 4.39 Å². The molecule has 108 valence electrons. The predicted octanol–water partition coefficient (Wildman–Crippen LogP) is 2.09. The lowest BCUT2D eigenvalue weighted by Gasteiger charge is -2.33. The summed E-state index contributed by atoms with van der Waals surface area (Å²) < 4.78 is 18.9. The summed E-state index contributed by atoms with van der Waals surface area (Å²) in [5.74, 6) is 0.802. The fourth-order valence-electron chi connectivity index (χ4n) is 2.90. The predicted molar refractivity (Wildman–Crippen MR) is 78.0 cm³/mol. The van der Waals surface area contributed by atoms with Gasteiger partial charge in [-0.1, -0.05) is 0 Å². The number of nitrogens with zero attached hydrogens (tertiary/aromatic N) is 1. The number of methoxy groups -OCH3 is 1. The van der Waals surface area contributed by atoms with E-state index >= 15 is 0 Å². The first-order valence-corrected chi connectivity index (χ1v) is 6.99. The lowest BCUT2D eigenvalue weighted by atomic mass is 10.0. The number of nitrogens with one attached hydrogen (secondary N) is 2. The van der Waals surface area contributed by atoms with E-state index in [1.54, 1.807) is 7.11 Å². The molecule has 0 radical (unpaired) electrons. The molecule has 1 aromatic carbocycles. The lowest BCUT2D eigenvalue weighted by molar-refractivity contribution is 0.148. The first kappa shape index (κ1) is 13.4. The molecule has 20 heavy (non-hydrogen) atoms. The number of benzene rings is 1. The summed E-state index contributed by atoms with van der Waals surface area (Å²) >= 11 is 0. The molecule has 0 spiro atoms. The molecule has 1 fully saturated rings. The Bertz CT molecular complexity index is 578. The Labute approximate surface area is 117 Å². The van der Waals surface area contributed by atoms with Crippen LogP contribution in [-0.2, 0) is 0 Å². The van der Waals surface area contributed by atoms with E-state index in [4.69, 9.17) is 4.74 Å². The fraction of sp³-hybridized carbons (Fsp3) is 0.467. The van der Waals surface area contributed by atoms with E-state index in [1.807, 2.05) is 24.4 Å². The van der Waals surface area contributed by atoms with Crippen LogP contribution in [-0.4, -0.2) is 49.8 Å². The van der Waals surface area contributed by atoms with Gasteiger partial charge >= 0.3 is 0 Å². The monoisotopic (exact) mass is 277 g/mol. The van der Waals surface area contributed by atoms with Crippen LogP contribution >= 0.6 is 0 Å². The van der Waals surface area contributed by atoms with E-state index < -0.39 is 0 Å². The van der Waals surface area contributed by atoms with E-state index in [0.717, 1.165) is 48.4 Å². The molecule has 4 nitrogen and oxygen atoms in total. The number of fused-ring (bicyclic) bond motifs is 1. The van der Waals surface area contributed by atoms with Crippen LogP contribution in [0, 0.1) is 0 Å². The molecule has 1 aliphatic heterocycles. The summed E-state index contributed by atoms with van der Waals surface area (Å²) in [5, 5.41) is 4.35. The largest absolute Gasteiger partial charge is 0.497 e. The van der Waals surface area contributed by atoms with Crippen molar-refractivity contribution >= 4 is 10.9 Å². The van der Waals surface area contributed by atoms with E-state index in [9.17, 15) is 4.39 Å². The number of H-pyrrole nitrogens is 1. The highest BCUT2D eigenvalue weighted by Gasteiger charge is 2.24. The minimum absolute atomic E-state index is 0.182. The van der Waals surface area contributed by atoms with Gasteiger partial charge in [-0.15, -0.1) is 0 Å². The zero-order chi connectivity index (χ0) is 13.9. The number of hydrogen-bond acceptors (Lipinski definition) is 3. The number of ether oxygens (including phenoxy) is 1. The second kappa shape index (κ2) is 5.81. The van der Waals surface area contributed by atoms with Crippen molar-refractivity contribution in [3.63, 3.8) is 0 Å². The van der Waals surface area contributed by atoms with Crippen molar-refractivity contribution in [1.29, 1.82) is 0 Å². The van der Waals surface area contributed by atoms with Crippen LogP contribution in [0.4, 0.5) is 4.39 Å². The van der Waals surface area contributed by atoms with E-state index in [0.29, 0.717) is 0 Å². The molecule has 0 saturated carbocycles. The summed E-state index contributed by atoms with van der Waals surface area (Å²) in [5.41, 5.74) is 2.04. The van der Waals surface area contributed by atoms with Gasteiger partial charge in [0.1, 0.15) is 12.4 Å². The van der Waals surface area contributed by atoms with Crippen molar-refractivity contribution in [2.45, 2.75) is 6.04 Å². The number of rotatable bonds is 4. The van der Waals surface area contributed by atoms with E-state index in [2.05, 4.69) is 15.2 Å². The zero-order valence-electron chi connectivity index (χ0n) is 11.7. The maximum atomic E-state index is 13.6. The number of piperazine rings is 1. The summed E-state index contributed by atoms with van der Waals surface area (Å²) in [6.45, 7) is 3.23. The molecule has 1 aliphatic rings. The molecule has 2 aromatic rings. The molecule has 3 rings (SSSR count). The third kappa shape index (κ3) is 2.39. The topological polar surface area (TPSA) is 40.3 Å².